The maximum absolute atomic E-state index is 12.8. The number of hydrogen-bond acceptors (Lipinski definition) is 10. The van der Waals surface area contributed by atoms with Crippen LogP contribution in [0.1, 0.15) is 51.7 Å². The van der Waals surface area contributed by atoms with E-state index in [1.54, 1.807) is 0 Å². The van der Waals surface area contributed by atoms with Crippen molar-refractivity contribution in [2.45, 2.75) is 51.4 Å². The van der Waals surface area contributed by atoms with Crippen LogP contribution >= 0.6 is 0 Å². The van der Waals surface area contributed by atoms with Crippen LogP contribution in [0.2, 0.25) is 0 Å². The van der Waals surface area contributed by atoms with E-state index in [0.29, 0.717) is 35.8 Å². The Labute approximate surface area is 272 Å². The highest BCUT2D eigenvalue weighted by Gasteiger charge is 2.45. The molecule has 0 aliphatic carbocycles. The molecule has 12 nitrogen and oxygen atoms in total. The van der Waals surface area contributed by atoms with Gasteiger partial charge in [0.15, 0.2) is 0 Å². The molecule has 4 heterocycles. The van der Waals surface area contributed by atoms with Gasteiger partial charge in [-0.05, 0) is 75.9 Å². The molecule has 6 rings (SSSR count). The van der Waals surface area contributed by atoms with Crippen molar-refractivity contribution in [3.05, 3.63) is 35.4 Å². The molecule has 46 heavy (non-hydrogen) atoms. The smallest absolute Gasteiger partial charge is 0.237 e. The fourth-order valence-electron chi connectivity index (χ4n) is 6.81. The lowest BCUT2D eigenvalue weighted by atomic mass is 9.86. The first-order valence-corrected chi connectivity index (χ1v) is 16.5. The molecule has 0 saturated carbocycles. The van der Waals surface area contributed by atoms with Gasteiger partial charge in [-0.2, -0.15) is 0 Å². The second kappa shape index (κ2) is 13.6. The Kier molecular flexibility index (Phi) is 10.0. The van der Waals surface area contributed by atoms with E-state index in [1.165, 1.54) is 0 Å². The van der Waals surface area contributed by atoms with Crippen LogP contribution < -0.4 is 32.7 Å². The van der Waals surface area contributed by atoms with Crippen LogP contribution in [-0.4, -0.2) is 100 Å². The van der Waals surface area contributed by atoms with Gasteiger partial charge in [-0.25, -0.2) is 0 Å². The summed E-state index contributed by atoms with van der Waals surface area (Å²) in [6.45, 7) is 18.3. The van der Waals surface area contributed by atoms with Crippen LogP contribution in [0.4, 0.5) is 34.1 Å². The highest BCUT2D eigenvalue weighted by atomic mass is 16.5. The molecular formula is C34H52N8O4. The van der Waals surface area contributed by atoms with Crippen LogP contribution in [0.25, 0.3) is 0 Å². The first kappa shape index (κ1) is 33.8. The monoisotopic (exact) mass is 636 g/mol. The lowest BCUT2D eigenvalue weighted by molar-refractivity contribution is -0.122. The second-order valence-corrected chi connectivity index (χ2v) is 13.8. The third kappa shape index (κ3) is 6.76. The molecule has 0 spiro atoms. The molecule has 2 aromatic rings. The van der Waals surface area contributed by atoms with Gasteiger partial charge in [-0.3, -0.25) is 19.4 Å². The number of carbonyl (C=O) groups is 2. The van der Waals surface area contributed by atoms with E-state index >= 15 is 0 Å². The number of ether oxygens (including phenoxy) is 2. The Balaban J connectivity index is 0.000000181. The van der Waals surface area contributed by atoms with E-state index < -0.39 is 10.8 Å². The standard InChI is InChI=1S/2C17H26N4O2/c2*1-17(2)12-10-13(18)14(19)11-15(12)21(16(17)22)5-3-4-20-6-8-23-9-7-20/h2*10-11H,3-9,18-19H2,1-2H3. The van der Waals surface area contributed by atoms with E-state index in [0.717, 1.165) is 101 Å². The summed E-state index contributed by atoms with van der Waals surface area (Å²) in [6, 6.07) is 7.38. The number of nitrogen functional groups attached to an aromatic ring is 4. The fraction of sp³-hybridized carbons (Fsp3) is 0.588. The Morgan fingerprint density at radius 3 is 1.24 bits per heavy atom. The number of rotatable bonds is 8. The highest BCUT2D eigenvalue weighted by molar-refractivity contribution is 6.09. The van der Waals surface area contributed by atoms with Crippen molar-refractivity contribution in [2.24, 2.45) is 0 Å². The van der Waals surface area contributed by atoms with E-state index in [2.05, 4.69) is 9.80 Å². The van der Waals surface area contributed by atoms with Gasteiger partial charge in [0.2, 0.25) is 11.8 Å². The van der Waals surface area contributed by atoms with E-state index in [-0.39, 0.29) is 11.8 Å². The quantitative estimate of drug-likeness (QED) is 0.316. The predicted molar refractivity (Wildman–Crippen MR) is 185 cm³/mol. The van der Waals surface area contributed by atoms with Gasteiger partial charge in [0.25, 0.3) is 0 Å². The summed E-state index contributed by atoms with van der Waals surface area (Å²) in [5.74, 6) is 0.249. The number of morpholine rings is 2. The van der Waals surface area contributed by atoms with Gasteiger partial charge in [0.05, 0.1) is 71.4 Å². The zero-order valence-electron chi connectivity index (χ0n) is 27.9. The van der Waals surface area contributed by atoms with Gasteiger partial charge < -0.3 is 42.2 Å². The molecule has 2 aromatic carbocycles. The number of nitrogens with two attached hydrogens (primary N) is 4. The molecule has 0 bridgehead atoms. The maximum atomic E-state index is 12.8. The van der Waals surface area contributed by atoms with Crippen molar-refractivity contribution in [2.75, 3.05) is 112 Å². The third-order valence-corrected chi connectivity index (χ3v) is 9.81. The minimum Gasteiger partial charge on any atom is -0.397 e. The Morgan fingerprint density at radius 2 is 0.891 bits per heavy atom. The summed E-state index contributed by atoms with van der Waals surface area (Å²) in [4.78, 5) is 34.1. The van der Waals surface area contributed by atoms with Gasteiger partial charge >= 0.3 is 0 Å². The lowest BCUT2D eigenvalue weighted by Gasteiger charge is -2.27. The van der Waals surface area contributed by atoms with Crippen molar-refractivity contribution in [1.82, 2.24) is 9.80 Å². The fourth-order valence-corrected chi connectivity index (χ4v) is 6.81. The Morgan fingerprint density at radius 1 is 0.565 bits per heavy atom. The average Bonchev–Trinajstić information content (AvgIpc) is 3.32. The summed E-state index contributed by atoms with van der Waals surface area (Å²) in [5.41, 5.74) is 28.6. The van der Waals surface area contributed by atoms with Crippen molar-refractivity contribution in [3.63, 3.8) is 0 Å². The minimum atomic E-state index is -0.546. The number of anilines is 6. The molecule has 0 aromatic heterocycles. The van der Waals surface area contributed by atoms with Gasteiger partial charge in [-0.1, -0.05) is 0 Å². The molecule has 4 aliphatic rings. The maximum Gasteiger partial charge on any atom is 0.237 e. The summed E-state index contributed by atoms with van der Waals surface area (Å²) in [7, 11) is 0. The normalized spacial score (nSPS) is 20.8. The van der Waals surface area contributed by atoms with Crippen LogP contribution in [-0.2, 0) is 29.9 Å². The molecule has 2 amide bonds. The minimum absolute atomic E-state index is 0.125. The number of hydrogen-bond donors (Lipinski definition) is 4. The molecule has 12 heteroatoms. The van der Waals surface area contributed by atoms with Crippen molar-refractivity contribution < 1.29 is 19.1 Å². The van der Waals surface area contributed by atoms with Gasteiger partial charge in [-0.15, -0.1) is 0 Å². The molecule has 0 radical (unpaired) electrons. The zero-order chi connectivity index (χ0) is 33.2. The van der Waals surface area contributed by atoms with Crippen LogP contribution in [0.3, 0.4) is 0 Å². The average molecular weight is 637 g/mol. The number of carbonyl (C=O) groups excluding carboxylic acids is 2. The molecule has 4 aliphatic heterocycles. The van der Waals surface area contributed by atoms with Crippen molar-refractivity contribution >= 4 is 45.9 Å². The molecular weight excluding hydrogens is 584 g/mol. The van der Waals surface area contributed by atoms with Crippen molar-refractivity contribution in [3.8, 4) is 0 Å². The van der Waals surface area contributed by atoms with E-state index in [4.69, 9.17) is 32.4 Å². The summed E-state index contributed by atoms with van der Waals surface area (Å²) >= 11 is 0. The van der Waals surface area contributed by atoms with Crippen molar-refractivity contribution in [1.29, 1.82) is 0 Å². The van der Waals surface area contributed by atoms with Gasteiger partial charge in [0, 0.05) is 52.4 Å². The molecule has 2 saturated heterocycles. The first-order chi connectivity index (χ1) is 21.8. The summed E-state index contributed by atoms with van der Waals surface area (Å²) in [5, 5.41) is 0. The van der Waals surface area contributed by atoms with Gasteiger partial charge in [0.1, 0.15) is 0 Å². The Bertz CT molecular complexity index is 1330. The van der Waals surface area contributed by atoms with E-state index in [9.17, 15) is 9.59 Å². The topological polar surface area (TPSA) is 170 Å². The van der Waals surface area contributed by atoms with Crippen LogP contribution in [0, 0.1) is 0 Å². The molecule has 252 valence electrons. The zero-order valence-corrected chi connectivity index (χ0v) is 27.9. The predicted octanol–water partition coefficient (Wildman–Crippen LogP) is 2.40. The van der Waals surface area contributed by atoms with Crippen LogP contribution in [0.5, 0.6) is 0 Å². The summed E-state index contributed by atoms with van der Waals surface area (Å²) < 4.78 is 10.7. The number of benzene rings is 2. The third-order valence-electron chi connectivity index (χ3n) is 9.81. The van der Waals surface area contributed by atoms with Crippen LogP contribution in [0.15, 0.2) is 24.3 Å². The van der Waals surface area contributed by atoms with E-state index in [1.807, 2.05) is 61.8 Å². The highest BCUT2D eigenvalue weighted by Crippen LogP contribution is 2.45. The molecule has 2 fully saturated rings. The number of nitrogens with zero attached hydrogens (tertiary/aromatic N) is 4. The summed E-state index contributed by atoms with van der Waals surface area (Å²) in [6.07, 6.45) is 1.87. The molecule has 8 N–H and O–H groups in total. The number of fused-ring (bicyclic) bond motifs is 2. The first-order valence-electron chi connectivity index (χ1n) is 16.5. The second-order valence-electron chi connectivity index (χ2n) is 13.8. The SMILES string of the molecule is CC1(C)C(=O)N(CCCN2CCOCC2)c2cc(N)c(N)cc21.CC1(C)C(=O)N(CCCN2CCOCC2)c2cc(N)c(N)cc21. The Hall–Kier alpha value is -3.58. The number of amides is 2. The molecule has 0 atom stereocenters. The molecule has 0 unspecified atom stereocenters. The lowest BCUT2D eigenvalue weighted by Crippen LogP contribution is -2.40. The largest absolute Gasteiger partial charge is 0.397 e.